The molecule has 20 heavy (non-hydrogen) atoms. The molecule has 0 aliphatic heterocycles. The van der Waals surface area contributed by atoms with Gasteiger partial charge >= 0.3 is 0 Å². The Bertz CT molecular complexity index is 429. The Morgan fingerprint density at radius 2 is 1.90 bits per heavy atom. The van der Waals surface area contributed by atoms with Crippen LogP contribution >= 0.6 is 23.4 Å². The van der Waals surface area contributed by atoms with Crippen molar-refractivity contribution in [3.8, 4) is 0 Å². The SMILES string of the molecule is CN=C(NCCSC)NCC(C)(C)c1ccc(Cl)cc1. The Morgan fingerprint density at radius 1 is 1.25 bits per heavy atom. The first-order valence-electron chi connectivity index (χ1n) is 6.69. The van der Waals surface area contributed by atoms with Crippen molar-refractivity contribution in [2.24, 2.45) is 4.99 Å². The Morgan fingerprint density at radius 3 is 2.45 bits per heavy atom. The maximum atomic E-state index is 5.94. The van der Waals surface area contributed by atoms with E-state index in [1.54, 1.807) is 7.05 Å². The highest BCUT2D eigenvalue weighted by Gasteiger charge is 2.20. The first kappa shape index (κ1) is 17.2. The lowest BCUT2D eigenvalue weighted by molar-refractivity contribution is 0.509. The standard InChI is InChI=1S/C15H24ClN3S/c1-15(2,12-5-7-13(16)8-6-12)11-19-14(17-3)18-9-10-20-4/h5-8H,9-11H2,1-4H3,(H2,17,18,19). The fourth-order valence-corrected chi connectivity index (χ4v) is 2.23. The number of halogens is 1. The second-order valence-electron chi connectivity index (χ2n) is 5.24. The van der Waals surface area contributed by atoms with Crippen LogP contribution in [0.2, 0.25) is 5.02 Å². The molecule has 112 valence electrons. The van der Waals surface area contributed by atoms with E-state index in [-0.39, 0.29) is 5.41 Å². The van der Waals surface area contributed by atoms with E-state index < -0.39 is 0 Å². The van der Waals surface area contributed by atoms with Gasteiger partial charge in [-0.15, -0.1) is 0 Å². The second-order valence-corrected chi connectivity index (χ2v) is 6.66. The van der Waals surface area contributed by atoms with Crippen LogP contribution in [-0.2, 0) is 5.41 Å². The van der Waals surface area contributed by atoms with Crippen LogP contribution in [0.25, 0.3) is 0 Å². The molecule has 0 amide bonds. The van der Waals surface area contributed by atoms with Crippen molar-refractivity contribution in [2.45, 2.75) is 19.3 Å². The molecule has 0 radical (unpaired) electrons. The minimum atomic E-state index is 0.0156. The van der Waals surface area contributed by atoms with Crippen LogP contribution in [-0.4, -0.2) is 38.1 Å². The zero-order valence-electron chi connectivity index (χ0n) is 12.7. The van der Waals surface area contributed by atoms with Crippen molar-refractivity contribution in [2.75, 3.05) is 32.1 Å². The molecule has 0 spiro atoms. The average molecular weight is 314 g/mol. The van der Waals surface area contributed by atoms with Gasteiger partial charge in [0.15, 0.2) is 5.96 Å². The second kappa shape index (κ2) is 8.42. The molecule has 0 unspecified atom stereocenters. The number of benzene rings is 1. The fraction of sp³-hybridized carbons (Fsp3) is 0.533. The fourth-order valence-electron chi connectivity index (χ4n) is 1.80. The summed E-state index contributed by atoms with van der Waals surface area (Å²) in [5, 5.41) is 7.45. The van der Waals surface area contributed by atoms with E-state index in [1.165, 1.54) is 5.56 Å². The molecule has 0 aliphatic carbocycles. The third-order valence-corrected chi connectivity index (χ3v) is 4.01. The van der Waals surface area contributed by atoms with Crippen LogP contribution in [0.5, 0.6) is 0 Å². The normalized spacial score (nSPS) is 12.3. The third kappa shape index (κ3) is 5.63. The molecule has 1 aromatic rings. The first-order chi connectivity index (χ1) is 9.49. The highest BCUT2D eigenvalue weighted by Crippen LogP contribution is 2.23. The van der Waals surface area contributed by atoms with E-state index in [9.17, 15) is 0 Å². The predicted octanol–water partition coefficient (Wildman–Crippen LogP) is 3.15. The van der Waals surface area contributed by atoms with E-state index >= 15 is 0 Å². The van der Waals surface area contributed by atoms with Crippen molar-refractivity contribution in [3.63, 3.8) is 0 Å². The molecule has 0 atom stereocenters. The zero-order valence-corrected chi connectivity index (χ0v) is 14.2. The molecule has 2 N–H and O–H groups in total. The van der Waals surface area contributed by atoms with Gasteiger partial charge in [-0.05, 0) is 24.0 Å². The third-order valence-electron chi connectivity index (χ3n) is 3.15. The summed E-state index contributed by atoms with van der Waals surface area (Å²) in [5.74, 6) is 1.92. The number of nitrogens with zero attached hydrogens (tertiary/aromatic N) is 1. The summed E-state index contributed by atoms with van der Waals surface area (Å²) < 4.78 is 0. The lowest BCUT2D eigenvalue weighted by Crippen LogP contribution is -2.44. The smallest absolute Gasteiger partial charge is 0.191 e. The molecule has 1 rings (SSSR count). The Hall–Kier alpha value is -0.870. The first-order valence-corrected chi connectivity index (χ1v) is 8.46. The Labute approximate surface area is 131 Å². The van der Waals surface area contributed by atoms with Crippen LogP contribution in [0.4, 0.5) is 0 Å². The molecule has 0 bridgehead atoms. The molecule has 0 saturated carbocycles. The summed E-state index contributed by atoms with van der Waals surface area (Å²) in [5.41, 5.74) is 1.27. The topological polar surface area (TPSA) is 36.4 Å². The number of hydrogen-bond donors (Lipinski definition) is 2. The van der Waals surface area contributed by atoms with Gasteiger partial charge in [0.1, 0.15) is 0 Å². The number of thioether (sulfide) groups is 1. The van der Waals surface area contributed by atoms with Gasteiger partial charge in [0.05, 0.1) is 0 Å². The van der Waals surface area contributed by atoms with Gasteiger partial charge in [-0.3, -0.25) is 4.99 Å². The number of aliphatic imine (C=N–C) groups is 1. The molecular formula is C15H24ClN3S. The van der Waals surface area contributed by atoms with E-state index in [0.717, 1.165) is 29.8 Å². The van der Waals surface area contributed by atoms with E-state index in [4.69, 9.17) is 11.6 Å². The van der Waals surface area contributed by atoms with Gasteiger partial charge in [0, 0.05) is 36.3 Å². The molecule has 1 aromatic carbocycles. The number of rotatable bonds is 6. The predicted molar refractivity (Wildman–Crippen MR) is 92.2 cm³/mol. The Kier molecular flexibility index (Phi) is 7.24. The summed E-state index contributed by atoms with van der Waals surface area (Å²) in [6.07, 6.45) is 2.10. The van der Waals surface area contributed by atoms with Gasteiger partial charge in [0.25, 0.3) is 0 Å². The Balaban J connectivity index is 2.55. The molecule has 0 aromatic heterocycles. The quantitative estimate of drug-likeness (QED) is 0.481. The van der Waals surface area contributed by atoms with E-state index in [1.807, 2.05) is 23.9 Å². The highest BCUT2D eigenvalue weighted by molar-refractivity contribution is 7.98. The number of guanidine groups is 1. The number of hydrogen-bond acceptors (Lipinski definition) is 2. The summed E-state index contributed by atoms with van der Waals surface area (Å²) in [4.78, 5) is 4.23. The van der Waals surface area contributed by atoms with Crippen LogP contribution in [0.15, 0.2) is 29.3 Å². The van der Waals surface area contributed by atoms with Crippen molar-refractivity contribution >= 4 is 29.3 Å². The molecule has 0 saturated heterocycles. The highest BCUT2D eigenvalue weighted by atomic mass is 35.5. The van der Waals surface area contributed by atoms with Crippen molar-refractivity contribution in [1.82, 2.24) is 10.6 Å². The maximum absolute atomic E-state index is 5.94. The molecule has 5 heteroatoms. The monoisotopic (exact) mass is 313 g/mol. The molecule has 0 heterocycles. The lowest BCUT2D eigenvalue weighted by atomic mass is 9.85. The zero-order chi connectivity index (χ0) is 15.0. The van der Waals surface area contributed by atoms with Gasteiger partial charge in [-0.25, -0.2) is 0 Å². The largest absolute Gasteiger partial charge is 0.356 e. The van der Waals surface area contributed by atoms with E-state index in [2.05, 4.69) is 47.9 Å². The molecule has 0 fully saturated rings. The van der Waals surface area contributed by atoms with Crippen molar-refractivity contribution < 1.29 is 0 Å². The molecule has 0 aliphatic rings. The minimum Gasteiger partial charge on any atom is -0.356 e. The van der Waals surface area contributed by atoms with Crippen LogP contribution < -0.4 is 10.6 Å². The molecule has 3 nitrogen and oxygen atoms in total. The van der Waals surface area contributed by atoms with Crippen molar-refractivity contribution in [1.29, 1.82) is 0 Å². The summed E-state index contributed by atoms with van der Waals surface area (Å²) in [6.45, 7) is 6.15. The lowest BCUT2D eigenvalue weighted by Gasteiger charge is -2.26. The van der Waals surface area contributed by atoms with Gasteiger partial charge in [-0.1, -0.05) is 37.6 Å². The van der Waals surface area contributed by atoms with E-state index in [0.29, 0.717) is 0 Å². The summed E-state index contributed by atoms with van der Waals surface area (Å²) >= 11 is 7.75. The van der Waals surface area contributed by atoms with Crippen LogP contribution in [0.1, 0.15) is 19.4 Å². The number of nitrogens with one attached hydrogen (secondary N) is 2. The maximum Gasteiger partial charge on any atom is 0.191 e. The average Bonchev–Trinajstić information content (AvgIpc) is 2.43. The summed E-state index contributed by atoms with van der Waals surface area (Å²) in [6, 6.07) is 8.02. The van der Waals surface area contributed by atoms with Gasteiger partial charge in [-0.2, -0.15) is 11.8 Å². The minimum absolute atomic E-state index is 0.0156. The van der Waals surface area contributed by atoms with Gasteiger partial charge < -0.3 is 10.6 Å². The summed E-state index contributed by atoms with van der Waals surface area (Å²) in [7, 11) is 1.80. The van der Waals surface area contributed by atoms with Gasteiger partial charge in [0.2, 0.25) is 0 Å². The van der Waals surface area contributed by atoms with Crippen LogP contribution in [0, 0.1) is 0 Å². The molecular weight excluding hydrogens is 290 g/mol. The van der Waals surface area contributed by atoms with Crippen LogP contribution in [0.3, 0.4) is 0 Å². The van der Waals surface area contributed by atoms with Crippen molar-refractivity contribution in [3.05, 3.63) is 34.9 Å².